The first-order valence-corrected chi connectivity index (χ1v) is 11.6. The number of hydrogen-bond donors (Lipinski definition) is 0. The highest BCUT2D eigenvalue weighted by Crippen LogP contribution is 2.43. The van der Waals surface area contributed by atoms with Crippen molar-refractivity contribution in [3.63, 3.8) is 0 Å². The van der Waals surface area contributed by atoms with E-state index in [-0.39, 0.29) is 43.4 Å². The third-order valence-corrected chi connectivity index (χ3v) is 6.39. The van der Waals surface area contributed by atoms with E-state index in [1.165, 1.54) is 0 Å². The second-order valence-corrected chi connectivity index (χ2v) is 9.06. The first kappa shape index (κ1) is 30.9. The van der Waals surface area contributed by atoms with Crippen molar-refractivity contribution in [1.29, 1.82) is 0 Å². The van der Waals surface area contributed by atoms with E-state index in [1.54, 1.807) is 11.8 Å². The number of carbonyl (C=O) groups excluding carboxylic acids is 2. The average molecular weight is 586 g/mol. The summed E-state index contributed by atoms with van der Waals surface area (Å²) < 4.78 is 131. The van der Waals surface area contributed by atoms with Crippen molar-refractivity contribution in [3.05, 3.63) is 64.2 Å². The van der Waals surface area contributed by atoms with Crippen LogP contribution in [0.25, 0.3) is 0 Å². The summed E-state index contributed by atoms with van der Waals surface area (Å²) in [7, 11) is 0.920. The van der Waals surface area contributed by atoms with Gasteiger partial charge in [0.05, 0.1) is 35.9 Å². The second-order valence-electron chi connectivity index (χ2n) is 9.06. The Kier molecular flexibility index (Phi) is 8.84. The molecule has 1 aliphatic rings. The number of fused-ring (bicyclic) bond motifs is 1. The molecule has 0 aromatic heterocycles. The third kappa shape index (κ3) is 6.91. The fraction of sp³-hybridized carbons (Fsp3) is 0.440. The van der Waals surface area contributed by atoms with Crippen molar-refractivity contribution in [2.75, 3.05) is 25.2 Å². The van der Waals surface area contributed by atoms with Crippen molar-refractivity contribution in [2.45, 2.75) is 50.5 Å². The second kappa shape index (κ2) is 11.5. The number of alkyl halides is 9. The van der Waals surface area contributed by atoms with Gasteiger partial charge in [0, 0.05) is 18.8 Å². The molecule has 0 radical (unpaired) electrons. The van der Waals surface area contributed by atoms with Crippen molar-refractivity contribution in [2.24, 2.45) is 0 Å². The van der Waals surface area contributed by atoms with Gasteiger partial charge in [-0.15, -0.1) is 0 Å². The molecule has 2 aromatic carbocycles. The maximum Gasteiger partial charge on any atom is 0.416 e. The Morgan fingerprint density at radius 3 is 2.05 bits per heavy atom. The lowest BCUT2D eigenvalue weighted by Crippen LogP contribution is -2.45. The fourth-order valence-electron chi connectivity index (χ4n) is 4.57. The van der Waals surface area contributed by atoms with Crippen LogP contribution < -0.4 is 4.90 Å². The van der Waals surface area contributed by atoms with Gasteiger partial charge < -0.3 is 14.4 Å². The molecule has 0 bridgehead atoms. The first-order chi connectivity index (χ1) is 18.5. The zero-order chi connectivity index (χ0) is 30.0. The summed E-state index contributed by atoms with van der Waals surface area (Å²) in [5, 5.41) is 0. The summed E-state index contributed by atoms with van der Waals surface area (Å²) in [4.78, 5) is 25.8. The SMILES string of the molecule is COC(=O)N(Cc1cc(C(F)(F)F)cc(C(F)(F)F)c1)C1CCN(C(C)COC=O)c2ccc(C(F)(F)F)cc21. The number of benzene rings is 2. The Morgan fingerprint density at radius 1 is 0.975 bits per heavy atom. The fourth-order valence-corrected chi connectivity index (χ4v) is 4.57. The number of ether oxygens (including phenoxy) is 2. The Morgan fingerprint density at radius 2 is 1.55 bits per heavy atom. The maximum atomic E-state index is 13.6. The highest BCUT2D eigenvalue weighted by molar-refractivity contribution is 5.70. The molecule has 1 aliphatic heterocycles. The van der Waals surface area contributed by atoms with Gasteiger partial charge >= 0.3 is 24.6 Å². The van der Waals surface area contributed by atoms with Gasteiger partial charge in [-0.05, 0) is 60.9 Å². The van der Waals surface area contributed by atoms with Crippen LogP contribution in [0.2, 0.25) is 0 Å². The van der Waals surface area contributed by atoms with Crippen LogP contribution in [-0.4, -0.2) is 43.8 Å². The Balaban J connectivity index is 2.14. The molecule has 2 aromatic rings. The van der Waals surface area contributed by atoms with Crippen LogP contribution in [0.3, 0.4) is 0 Å². The van der Waals surface area contributed by atoms with Crippen molar-refractivity contribution in [3.8, 4) is 0 Å². The van der Waals surface area contributed by atoms with Gasteiger partial charge in [-0.25, -0.2) is 4.79 Å². The number of hydrogen-bond acceptors (Lipinski definition) is 5. The molecule has 220 valence electrons. The first-order valence-electron chi connectivity index (χ1n) is 11.6. The van der Waals surface area contributed by atoms with E-state index in [0.717, 1.165) is 30.2 Å². The molecule has 40 heavy (non-hydrogen) atoms. The van der Waals surface area contributed by atoms with E-state index in [4.69, 9.17) is 9.47 Å². The molecule has 2 unspecified atom stereocenters. The number of methoxy groups -OCH3 is 1. The summed E-state index contributed by atoms with van der Waals surface area (Å²) in [5.74, 6) is 0. The Bertz CT molecular complexity index is 1200. The van der Waals surface area contributed by atoms with E-state index in [2.05, 4.69) is 0 Å². The van der Waals surface area contributed by atoms with E-state index in [1.807, 2.05) is 0 Å². The van der Waals surface area contributed by atoms with E-state index in [9.17, 15) is 49.1 Å². The third-order valence-electron chi connectivity index (χ3n) is 6.39. The molecule has 0 saturated carbocycles. The molecule has 15 heteroatoms. The molecule has 6 nitrogen and oxygen atoms in total. The number of rotatable bonds is 7. The van der Waals surface area contributed by atoms with E-state index >= 15 is 0 Å². The minimum atomic E-state index is -5.15. The lowest BCUT2D eigenvalue weighted by Gasteiger charge is -2.42. The van der Waals surface area contributed by atoms with Gasteiger partial charge in [0.1, 0.15) is 6.61 Å². The molecule has 1 heterocycles. The number of carbonyl (C=O) groups is 2. The van der Waals surface area contributed by atoms with Crippen LogP contribution in [0.5, 0.6) is 0 Å². The number of nitrogens with zero attached hydrogens (tertiary/aromatic N) is 2. The molecule has 0 saturated heterocycles. The average Bonchev–Trinajstić information content (AvgIpc) is 2.87. The number of anilines is 1. The molecule has 0 aliphatic carbocycles. The van der Waals surface area contributed by atoms with Crippen molar-refractivity contribution in [1.82, 2.24) is 4.90 Å². The van der Waals surface area contributed by atoms with Crippen molar-refractivity contribution < 1.29 is 58.6 Å². The number of amides is 1. The largest absolute Gasteiger partial charge is 0.466 e. The summed E-state index contributed by atoms with van der Waals surface area (Å²) in [6, 6.07) is 1.77. The van der Waals surface area contributed by atoms with Gasteiger partial charge in [0.2, 0.25) is 0 Å². The topological polar surface area (TPSA) is 59.1 Å². The predicted octanol–water partition coefficient (Wildman–Crippen LogP) is 6.82. The van der Waals surface area contributed by atoms with E-state index in [0.29, 0.717) is 12.1 Å². The summed E-state index contributed by atoms with van der Waals surface area (Å²) in [6.45, 7) is 0.963. The molecular formula is C25H23F9N2O4. The molecule has 0 spiro atoms. The van der Waals surface area contributed by atoms with Gasteiger partial charge in [-0.2, -0.15) is 39.5 Å². The highest BCUT2D eigenvalue weighted by Gasteiger charge is 2.40. The molecular weight excluding hydrogens is 563 g/mol. The summed E-state index contributed by atoms with van der Waals surface area (Å²) in [5.41, 5.74) is -4.72. The quantitative estimate of drug-likeness (QED) is 0.263. The maximum absolute atomic E-state index is 13.6. The predicted molar refractivity (Wildman–Crippen MR) is 122 cm³/mol. The lowest BCUT2D eigenvalue weighted by molar-refractivity contribution is -0.143. The van der Waals surface area contributed by atoms with Crippen molar-refractivity contribution >= 4 is 18.3 Å². The summed E-state index contributed by atoms with van der Waals surface area (Å²) in [6.07, 6.45) is -16.3. The Labute approximate surface area is 222 Å². The van der Waals surface area contributed by atoms with Gasteiger partial charge in [-0.3, -0.25) is 9.69 Å². The minimum Gasteiger partial charge on any atom is -0.466 e. The van der Waals surface area contributed by atoms with Gasteiger partial charge in [0.15, 0.2) is 0 Å². The lowest BCUT2D eigenvalue weighted by atomic mass is 9.91. The molecule has 1 amide bonds. The molecule has 3 rings (SSSR count). The Hall–Kier alpha value is -3.65. The van der Waals surface area contributed by atoms with Crippen LogP contribution in [0, 0.1) is 0 Å². The van der Waals surface area contributed by atoms with Crippen LogP contribution in [0.4, 0.5) is 50.0 Å². The minimum absolute atomic E-state index is 0.0625. The number of halogens is 9. The molecule has 2 atom stereocenters. The monoisotopic (exact) mass is 586 g/mol. The molecule has 0 fully saturated rings. The van der Waals surface area contributed by atoms with Gasteiger partial charge in [0.25, 0.3) is 6.47 Å². The van der Waals surface area contributed by atoms with Crippen LogP contribution in [0.15, 0.2) is 36.4 Å². The van der Waals surface area contributed by atoms with Gasteiger partial charge in [-0.1, -0.05) is 0 Å². The van der Waals surface area contributed by atoms with E-state index < -0.39 is 65.5 Å². The highest BCUT2D eigenvalue weighted by atomic mass is 19.4. The molecule has 0 N–H and O–H groups in total. The van der Waals surface area contributed by atoms with Crippen LogP contribution in [-0.2, 0) is 39.3 Å². The standard InChI is InChI=1S/C25H23F9N2O4/c1-14(12-40-13-37)35-6-5-21(19-10-16(23(26,27)28)3-4-20(19)35)36(22(38)39-2)11-15-7-17(24(29,30)31)9-18(8-15)25(32,33)34/h3-4,7-10,13-14,21H,5-6,11-12H2,1-2H3. The zero-order valence-corrected chi connectivity index (χ0v) is 21.0. The normalized spacial score (nSPS) is 16.7. The summed E-state index contributed by atoms with van der Waals surface area (Å²) >= 11 is 0. The smallest absolute Gasteiger partial charge is 0.416 e. The van der Waals surface area contributed by atoms with Crippen LogP contribution >= 0.6 is 0 Å². The van der Waals surface area contributed by atoms with Crippen LogP contribution in [0.1, 0.15) is 47.2 Å². The zero-order valence-electron chi connectivity index (χ0n) is 21.0.